The number of aromatic amines is 1. The van der Waals surface area contributed by atoms with Crippen molar-refractivity contribution in [1.82, 2.24) is 10.3 Å². The van der Waals surface area contributed by atoms with Gasteiger partial charge in [-0.05, 0) is 43.0 Å². The van der Waals surface area contributed by atoms with Crippen LogP contribution in [0.15, 0.2) is 35.2 Å². The third-order valence-electron chi connectivity index (χ3n) is 4.99. The third kappa shape index (κ3) is 4.69. The molecule has 2 atom stereocenters. The molecule has 9 heteroatoms. The molecule has 0 aliphatic heterocycles. The number of H-pyrrole nitrogens is 1. The SMILES string of the molecule is COC1C=C(c2cccc(S(C)(=O)=O)c2)CCC1NC(=O)c1[nH]c(C)c(Cl)c1Cl. The van der Waals surface area contributed by atoms with Crippen molar-refractivity contribution in [3.8, 4) is 0 Å². The first-order valence-electron chi connectivity index (χ1n) is 9.00. The second-order valence-electron chi connectivity index (χ2n) is 7.06. The van der Waals surface area contributed by atoms with Crippen LogP contribution in [-0.2, 0) is 14.6 Å². The minimum absolute atomic E-state index is 0.195. The number of aryl methyl sites for hydroxylation is 1. The van der Waals surface area contributed by atoms with Gasteiger partial charge in [-0.25, -0.2) is 8.42 Å². The van der Waals surface area contributed by atoms with Crippen LogP contribution in [-0.4, -0.2) is 44.8 Å². The second-order valence-corrected chi connectivity index (χ2v) is 9.84. The number of nitrogens with one attached hydrogen (secondary N) is 2. The molecule has 2 aromatic rings. The Morgan fingerprint density at radius 1 is 1.28 bits per heavy atom. The number of allylic oxidation sites excluding steroid dienone is 1. The number of methoxy groups -OCH3 is 1. The molecule has 0 saturated carbocycles. The van der Waals surface area contributed by atoms with E-state index in [1.54, 1.807) is 32.2 Å². The van der Waals surface area contributed by atoms with Gasteiger partial charge in [-0.1, -0.05) is 41.4 Å². The van der Waals surface area contributed by atoms with E-state index >= 15 is 0 Å². The predicted molar refractivity (Wildman–Crippen MR) is 114 cm³/mol. The summed E-state index contributed by atoms with van der Waals surface area (Å²) in [5.41, 5.74) is 2.65. The van der Waals surface area contributed by atoms with Crippen LogP contribution >= 0.6 is 23.2 Å². The standard InChI is InChI=1S/C20H22Cl2N2O4S/c1-11-17(21)18(22)19(23-11)20(25)24-15-8-7-13(10-16(15)28-2)12-5-4-6-14(9-12)29(3,26)27/h4-6,9-10,15-16,23H,7-8H2,1-3H3,(H,24,25). The Morgan fingerprint density at radius 3 is 2.59 bits per heavy atom. The van der Waals surface area contributed by atoms with Gasteiger partial charge < -0.3 is 15.0 Å². The van der Waals surface area contributed by atoms with Gasteiger partial charge in [-0.2, -0.15) is 0 Å². The Bertz CT molecular complexity index is 1080. The van der Waals surface area contributed by atoms with Crippen LogP contribution in [0.4, 0.5) is 0 Å². The fourth-order valence-corrected chi connectivity index (χ4v) is 4.48. The normalized spacial score (nSPS) is 19.7. The number of hydrogen-bond acceptors (Lipinski definition) is 4. The number of carbonyl (C=O) groups is 1. The van der Waals surface area contributed by atoms with Gasteiger partial charge in [0.1, 0.15) is 5.69 Å². The molecule has 6 nitrogen and oxygen atoms in total. The number of hydrogen-bond donors (Lipinski definition) is 2. The Hall–Kier alpha value is -1.80. The molecular weight excluding hydrogens is 435 g/mol. The number of benzene rings is 1. The van der Waals surface area contributed by atoms with Crippen LogP contribution in [0.2, 0.25) is 10.0 Å². The summed E-state index contributed by atoms with van der Waals surface area (Å²) in [6.45, 7) is 1.74. The molecule has 1 aromatic heterocycles. The highest BCUT2D eigenvalue weighted by Gasteiger charge is 2.29. The lowest BCUT2D eigenvalue weighted by atomic mass is 9.88. The number of aromatic nitrogens is 1. The fraction of sp³-hybridized carbons (Fsp3) is 0.350. The summed E-state index contributed by atoms with van der Waals surface area (Å²) in [5, 5.41) is 3.47. The summed E-state index contributed by atoms with van der Waals surface area (Å²) >= 11 is 12.2. The summed E-state index contributed by atoms with van der Waals surface area (Å²) in [6.07, 6.45) is 4.03. The zero-order chi connectivity index (χ0) is 21.3. The highest BCUT2D eigenvalue weighted by Crippen LogP contribution is 2.31. The molecule has 0 saturated heterocycles. The van der Waals surface area contributed by atoms with Gasteiger partial charge >= 0.3 is 0 Å². The van der Waals surface area contributed by atoms with Crippen molar-refractivity contribution >= 4 is 44.5 Å². The Morgan fingerprint density at radius 2 is 2.00 bits per heavy atom. The second kappa shape index (κ2) is 8.52. The molecule has 0 bridgehead atoms. The van der Waals surface area contributed by atoms with Crippen molar-refractivity contribution in [2.75, 3.05) is 13.4 Å². The number of rotatable bonds is 5. The zero-order valence-electron chi connectivity index (χ0n) is 16.3. The Labute approximate surface area is 180 Å². The van der Waals surface area contributed by atoms with E-state index in [-0.39, 0.29) is 33.7 Å². The summed E-state index contributed by atoms with van der Waals surface area (Å²) in [7, 11) is -1.72. The largest absolute Gasteiger partial charge is 0.375 e. The van der Waals surface area contributed by atoms with Crippen LogP contribution < -0.4 is 5.32 Å². The first-order valence-corrected chi connectivity index (χ1v) is 11.6. The topological polar surface area (TPSA) is 88.3 Å². The summed E-state index contributed by atoms with van der Waals surface area (Å²) in [6, 6.07) is 6.58. The first-order chi connectivity index (χ1) is 13.6. The Balaban J connectivity index is 1.81. The van der Waals surface area contributed by atoms with Crippen LogP contribution in [0.3, 0.4) is 0 Å². The lowest BCUT2D eigenvalue weighted by Gasteiger charge is -2.30. The van der Waals surface area contributed by atoms with Crippen molar-refractivity contribution in [3.05, 3.63) is 57.3 Å². The molecule has 0 radical (unpaired) electrons. The average Bonchev–Trinajstić information content (AvgIpc) is 2.95. The molecule has 1 aliphatic carbocycles. The van der Waals surface area contributed by atoms with Crippen LogP contribution in [0, 0.1) is 6.92 Å². The maximum absolute atomic E-state index is 12.6. The van der Waals surface area contributed by atoms with Crippen molar-refractivity contribution < 1.29 is 17.9 Å². The maximum atomic E-state index is 12.6. The molecule has 3 rings (SSSR count). The van der Waals surface area contributed by atoms with E-state index in [0.717, 1.165) is 11.1 Å². The lowest BCUT2D eigenvalue weighted by molar-refractivity contribution is 0.0768. The summed E-state index contributed by atoms with van der Waals surface area (Å²) in [4.78, 5) is 15.8. The van der Waals surface area contributed by atoms with Crippen LogP contribution in [0.1, 0.15) is 34.6 Å². The number of ether oxygens (including phenoxy) is 1. The van der Waals surface area contributed by atoms with E-state index in [1.807, 2.05) is 12.1 Å². The summed E-state index contributed by atoms with van der Waals surface area (Å²) in [5.74, 6) is -0.354. The maximum Gasteiger partial charge on any atom is 0.269 e. The monoisotopic (exact) mass is 456 g/mol. The fourth-order valence-electron chi connectivity index (χ4n) is 3.40. The van der Waals surface area contributed by atoms with Gasteiger partial charge in [0.05, 0.1) is 27.1 Å². The van der Waals surface area contributed by atoms with E-state index in [2.05, 4.69) is 10.3 Å². The predicted octanol–water partition coefficient (Wildman–Crippen LogP) is 4.02. The van der Waals surface area contributed by atoms with E-state index in [4.69, 9.17) is 27.9 Å². The minimum atomic E-state index is -3.29. The van der Waals surface area contributed by atoms with E-state index in [9.17, 15) is 13.2 Å². The molecule has 2 unspecified atom stereocenters. The first kappa shape index (κ1) is 21.9. The molecule has 1 amide bonds. The van der Waals surface area contributed by atoms with E-state index in [1.165, 1.54) is 6.26 Å². The number of halogens is 2. The van der Waals surface area contributed by atoms with Crippen molar-refractivity contribution in [2.24, 2.45) is 0 Å². The van der Waals surface area contributed by atoms with Crippen LogP contribution in [0.25, 0.3) is 5.57 Å². The average molecular weight is 457 g/mol. The molecule has 2 N–H and O–H groups in total. The molecule has 1 heterocycles. The molecule has 156 valence electrons. The van der Waals surface area contributed by atoms with Crippen molar-refractivity contribution in [2.45, 2.75) is 36.8 Å². The van der Waals surface area contributed by atoms with Crippen molar-refractivity contribution in [3.63, 3.8) is 0 Å². The molecule has 0 fully saturated rings. The Kier molecular flexibility index (Phi) is 6.43. The van der Waals surface area contributed by atoms with Gasteiger partial charge in [-0.3, -0.25) is 4.79 Å². The van der Waals surface area contributed by atoms with Gasteiger partial charge in [-0.15, -0.1) is 0 Å². The zero-order valence-corrected chi connectivity index (χ0v) is 18.6. The molecule has 1 aromatic carbocycles. The van der Waals surface area contributed by atoms with Crippen LogP contribution in [0.5, 0.6) is 0 Å². The summed E-state index contributed by atoms with van der Waals surface area (Å²) < 4.78 is 29.2. The highest BCUT2D eigenvalue weighted by atomic mass is 35.5. The number of carbonyl (C=O) groups excluding carboxylic acids is 1. The third-order valence-corrected chi connectivity index (χ3v) is 7.05. The van der Waals surface area contributed by atoms with Gasteiger partial charge in [0.2, 0.25) is 0 Å². The van der Waals surface area contributed by atoms with E-state index in [0.29, 0.717) is 23.6 Å². The highest BCUT2D eigenvalue weighted by molar-refractivity contribution is 7.90. The molecule has 1 aliphatic rings. The van der Waals surface area contributed by atoms with Gasteiger partial charge in [0, 0.05) is 19.1 Å². The quantitative estimate of drug-likeness (QED) is 0.710. The lowest BCUT2D eigenvalue weighted by Crippen LogP contribution is -2.45. The number of amides is 1. The molecule has 29 heavy (non-hydrogen) atoms. The van der Waals surface area contributed by atoms with E-state index < -0.39 is 9.84 Å². The van der Waals surface area contributed by atoms with Gasteiger partial charge in [0.25, 0.3) is 5.91 Å². The number of sulfone groups is 1. The molecule has 0 spiro atoms. The van der Waals surface area contributed by atoms with Crippen molar-refractivity contribution in [1.29, 1.82) is 0 Å². The van der Waals surface area contributed by atoms with Gasteiger partial charge in [0.15, 0.2) is 9.84 Å². The molecular formula is C20H22Cl2N2O4S. The smallest absolute Gasteiger partial charge is 0.269 e. The minimum Gasteiger partial charge on any atom is -0.375 e.